The Morgan fingerprint density at radius 2 is 1.81 bits per heavy atom. The fourth-order valence-corrected chi connectivity index (χ4v) is 4.15. The second-order valence-corrected chi connectivity index (χ2v) is 8.52. The molecule has 2 aromatic rings. The molecule has 0 unspecified atom stereocenters. The van der Waals surface area contributed by atoms with E-state index in [4.69, 9.17) is 14.2 Å². The fraction of sp³-hybridized carbons (Fsp3) is 0.333. The van der Waals surface area contributed by atoms with Crippen LogP contribution in [0.2, 0.25) is 0 Å². The first kappa shape index (κ1) is 21.7. The molecule has 0 amide bonds. The van der Waals surface area contributed by atoms with Gasteiger partial charge in [-0.2, -0.15) is 0 Å². The van der Waals surface area contributed by atoms with Crippen molar-refractivity contribution in [3.05, 3.63) is 64.9 Å². The first-order valence-electron chi connectivity index (χ1n) is 10.1. The number of phenolic OH excluding ortho intramolecular Hbond substituents is 1. The number of aromatic hydroxyl groups is 1. The van der Waals surface area contributed by atoms with E-state index in [-0.39, 0.29) is 17.7 Å². The number of ether oxygens (including phenoxy) is 3. The molecule has 0 saturated carbocycles. The number of esters is 2. The number of rotatable bonds is 4. The average Bonchev–Trinajstić information content (AvgIpc) is 2.99. The molecule has 0 aromatic heterocycles. The highest BCUT2D eigenvalue weighted by Crippen LogP contribution is 2.43. The lowest BCUT2D eigenvalue weighted by atomic mass is 9.82. The number of fused-ring (bicyclic) bond motifs is 1. The van der Waals surface area contributed by atoms with Crippen LogP contribution in [-0.4, -0.2) is 51.7 Å². The van der Waals surface area contributed by atoms with Crippen LogP contribution < -0.4 is 4.74 Å². The molecule has 2 aromatic carbocycles. The van der Waals surface area contributed by atoms with E-state index >= 15 is 0 Å². The van der Waals surface area contributed by atoms with Gasteiger partial charge in [0.1, 0.15) is 17.1 Å². The molecule has 0 radical (unpaired) electrons. The average molecular weight is 440 g/mol. The van der Waals surface area contributed by atoms with Crippen molar-refractivity contribution in [2.24, 2.45) is 0 Å². The third kappa shape index (κ3) is 3.46. The van der Waals surface area contributed by atoms with Crippen LogP contribution in [0.15, 0.2) is 48.2 Å². The number of aliphatic hydroxyl groups excluding tert-OH is 2. The van der Waals surface area contributed by atoms with Gasteiger partial charge in [0.25, 0.3) is 0 Å². The van der Waals surface area contributed by atoms with E-state index < -0.39 is 35.0 Å². The van der Waals surface area contributed by atoms with Crippen LogP contribution >= 0.6 is 0 Å². The predicted molar refractivity (Wildman–Crippen MR) is 113 cm³/mol. The van der Waals surface area contributed by atoms with Gasteiger partial charge in [0.2, 0.25) is 11.4 Å². The SMILES string of the molecule is COC(=O)[C@]1(Cc2ccc3c(c2)C[C@H](O)C(C)(C)O3)OC(=O)C(O)=C1c1ccc(O)cc1. The minimum Gasteiger partial charge on any atom is -0.508 e. The number of carbonyl (C=O) groups is 2. The standard InChI is InChI=1S/C24H24O8/c1-23(2)18(26)11-15-10-13(4-9-17(15)31-23)12-24(22(29)30-3)19(20(27)21(28)32-24)14-5-7-16(25)8-6-14/h4-10,18,25-27H,11-12H2,1-3H3/t18-,24+/m0/s1. The van der Waals surface area contributed by atoms with Gasteiger partial charge < -0.3 is 29.5 Å². The third-order valence-electron chi connectivity index (χ3n) is 5.94. The van der Waals surface area contributed by atoms with Gasteiger partial charge in [0.15, 0.2) is 0 Å². The number of aliphatic hydroxyl groups is 2. The summed E-state index contributed by atoms with van der Waals surface area (Å²) in [5, 5.41) is 30.5. The van der Waals surface area contributed by atoms with E-state index in [2.05, 4.69) is 0 Å². The lowest BCUT2D eigenvalue weighted by Gasteiger charge is -2.37. The number of phenols is 1. The quantitative estimate of drug-likeness (QED) is 0.620. The Hall–Kier alpha value is -3.52. The van der Waals surface area contributed by atoms with Gasteiger partial charge in [-0.15, -0.1) is 0 Å². The van der Waals surface area contributed by atoms with Gasteiger partial charge in [-0.1, -0.05) is 24.3 Å². The van der Waals surface area contributed by atoms with E-state index in [1.54, 1.807) is 32.0 Å². The topological polar surface area (TPSA) is 123 Å². The predicted octanol–water partition coefficient (Wildman–Crippen LogP) is 2.45. The van der Waals surface area contributed by atoms with Crippen LogP contribution in [0.1, 0.15) is 30.5 Å². The molecule has 0 fully saturated rings. The molecule has 0 spiro atoms. The zero-order valence-corrected chi connectivity index (χ0v) is 17.9. The van der Waals surface area contributed by atoms with Crippen molar-refractivity contribution in [3.8, 4) is 11.5 Å². The van der Waals surface area contributed by atoms with Crippen molar-refractivity contribution in [1.29, 1.82) is 0 Å². The number of hydrogen-bond acceptors (Lipinski definition) is 8. The van der Waals surface area contributed by atoms with Crippen molar-refractivity contribution < 1.29 is 39.1 Å². The van der Waals surface area contributed by atoms with Crippen LogP contribution in [0, 0.1) is 0 Å². The summed E-state index contributed by atoms with van der Waals surface area (Å²) in [6.45, 7) is 3.60. The Bertz CT molecular complexity index is 1120. The summed E-state index contributed by atoms with van der Waals surface area (Å²) in [6.07, 6.45) is -0.480. The zero-order chi connectivity index (χ0) is 23.3. The first-order chi connectivity index (χ1) is 15.1. The van der Waals surface area contributed by atoms with E-state index in [0.717, 1.165) is 5.56 Å². The van der Waals surface area contributed by atoms with E-state index in [9.17, 15) is 24.9 Å². The van der Waals surface area contributed by atoms with E-state index in [1.807, 2.05) is 0 Å². The Morgan fingerprint density at radius 3 is 2.47 bits per heavy atom. The maximum absolute atomic E-state index is 12.9. The summed E-state index contributed by atoms with van der Waals surface area (Å²) in [5.41, 5.74) is -1.00. The summed E-state index contributed by atoms with van der Waals surface area (Å²) in [4.78, 5) is 25.3. The van der Waals surface area contributed by atoms with Crippen LogP contribution in [-0.2, 0) is 31.9 Å². The molecule has 32 heavy (non-hydrogen) atoms. The molecular formula is C24H24O8. The first-order valence-corrected chi connectivity index (χ1v) is 10.1. The molecule has 8 heteroatoms. The molecule has 2 atom stereocenters. The largest absolute Gasteiger partial charge is 0.508 e. The van der Waals surface area contributed by atoms with Crippen molar-refractivity contribution in [3.63, 3.8) is 0 Å². The molecule has 3 N–H and O–H groups in total. The summed E-state index contributed by atoms with van der Waals surface area (Å²) in [6, 6.07) is 10.9. The van der Waals surface area contributed by atoms with Crippen LogP contribution in [0.4, 0.5) is 0 Å². The molecule has 2 aliphatic rings. The fourth-order valence-electron chi connectivity index (χ4n) is 4.15. The summed E-state index contributed by atoms with van der Waals surface area (Å²) in [5.74, 6) is -1.99. The van der Waals surface area contributed by atoms with E-state index in [1.165, 1.54) is 31.4 Å². The number of methoxy groups -OCH3 is 1. The summed E-state index contributed by atoms with van der Waals surface area (Å²) in [7, 11) is 1.17. The lowest BCUT2D eigenvalue weighted by molar-refractivity contribution is -0.169. The van der Waals surface area contributed by atoms with Crippen LogP contribution in [0.5, 0.6) is 11.5 Å². The molecule has 8 nitrogen and oxygen atoms in total. The van der Waals surface area contributed by atoms with E-state index in [0.29, 0.717) is 23.3 Å². The van der Waals surface area contributed by atoms with Gasteiger partial charge in [0, 0.05) is 12.8 Å². The number of cyclic esters (lactones) is 1. The molecule has 4 rings (SSSR count). The van der Waals surface area contributed by atoms with Gasteiger partial charge in [-0.25, -0.2) is 9.59 Å². The van der Waals surface area contributed by atoms with Gasteiger partial charge in [-0.05, 0) is 48.7 Å². The highest BCUT2D eigenvalue weighted by molar-refractivity contribution is 6.11. The Balaban J connectivity index is 1.78. The minimum absolute atomic E-state index is 0.0149. The molecule has 2 heterocycles. The highest BCUT2D eigenvalue weighted by atomic mass is 16.6. The number of hydrogen-bond donors (Lipinski definition) is 3. The number of carbonyl (C=O) groups excluding carboxylic acids is 2. The van der Waals surface area contributed by atoms with Gasteiger partial charge in [-0.3, -0.25) is 0 Å². The monoisotopic (exact) mass is 440 g/mol. The lowest BCUT2D eigenvalue weighted by Crippen LogP contribution is -2.46. The molecule has 0 bridgehead atoms. The zero-order valence-electron chi connectivity index (χ0n) is 17.9. The number of benzene rings is 2. The summed E-state index contributed by atoms with van der Waals surface area (Å²) >= 11 is 0. The second kappa shape index (κ2) is 7.56. The van der Waals surface area contributed by atoms with Crippen molar-refractivity contribution >= 4 is 17.5 Å². The molecule has 0 saturated heterocycles. The van der Waals surface area contributed by atoms with Gasteiger partial charge in [0.05, 0.1) is 18.8 Å². The highest BCUT2D eigenvalue weighted by Gasteiger charge is 2.55. The van der Waals surface area contributed by atoms with Crippen molar-refractivity contribution in [2.45, 2.75) is 44.0 Å². The molecular weight excluding hydrogens is 416 g/mol. The van der Waals surface area contributed by atoms with Crippen molar-refractivity contribution in [1.82, 2.24) is 0 Å². The maximum Gasteiger partial charge on any atom is 0.375 e. The van der Waals surface area contributed by atoms with Gasteiger partial charge >= 0.3 is 11.9 Å². The Labute approximate surface area is 184 Å². The normalized spacial score (nSPS) is 23.9. The molecule has 2 aliphatic heterocycles. The van der Waals surface area contributed by atoms with Crippen LogP contribution in [0.3, 0.4) is 0 Å². The second-order valence-electron chi connectivity index (χ2n) is 8.52. The third-order valence-corrected chi connectivity index (χ3v) is 5.94. The van der Waals surface area contributed by atoms with Crippen LogP contribution in [0.25, 0.3) is 5.57 Å². The smallest absolute Gasteiger partial charge is 0.375 e. The molecule has 168 valence electrons. The minimum atomic E-state index is -1.92. The summed E-state index contributed by atoms with van der Waals surface area (Å²) < 4.78 is 16.3. The Kier molecular flexibility index (Phi) is 5.13. The maximum atomic E-state index is 12.9. The molecule has 0 aliphatic carbocycles. The Morgan fingerprint density at radius 1 is 1.12 bits per heavy atom. The van der Waals surface area contributed by atoms with Crippen molar-refractivity contribution in [2.75, 3.05) is 7.11 Å².